The van der Waals surface area contributed by atoms with Crippen LogP contribution in [0.1, 0.15) is 37.7 Å². The predicted molar refractivity (Wildman–Crippen MR) is 142 cm³/mol. The van der Waals surface area contributed by atoms with E-state index in [1.807, 2.05) is 6.26 Å². The zero-order valence-corrected chi connectivity index (χ0v) is 22.2. The molecule has 10 N–H and O–H groups in total. The van der Waals surface area contributed by atoms with E-state index in [0.29, 0.717) is 17.7 Å². The van der Waals surface area contributed by atoms with Crippen molar-refractivity contribution in [3.05, 3.63) is 29.8 Å². The summed E-state index contributed by atoms with van der Waals surface area (Å²) in [5.41, 5.74) is 11.5. The number of hydrogen-bond donors (Lipinski definition) is 8. The Balaban J connectivity index is 3.06. The van der Waals surface area contributed by atoms with Crippen LogP contribution in [0.25, 0.3) is 0 Å². The van der Waals surface area contributed by atoms with Crippen LogP contribution in [-0.2, 0) is 35.2 Å². The maximum Gasteiger partial charge on any atom is 0.326 e. The van der Waals surface area contributed by atoms with Crippen molar-refractivity contribution in [1.29, 1.82) is 0 Å². The molecule has 0 aliphatic heterocycles. The number of phenols is 1. The number of aromatic hydroxyl groups is 1. The van der Waals surface area contributed by atoms with Crippen LogP contribution in [0, 0.1) is 0 Å². The fourth-order valence-corrected chi connectivity index (χ4v) is 3.85. The smallest absolute Gasteiger partial charge is 0.326 e. The van der Waals surface area contributed by atoms with Gasteiger partial charge in [-0.15, -0.1) is 0 Å². The quantitative estimate of drug-likeness (QED) is 0.103. The lowest BCUT2D eigenvalue weighted by atomic mass is 10.0. The molecule has 4 unspecified atom stereocenters. The van der Waals surface area contributed by atoms with Crippen LogP contribution >= 0.6 is 11.8 Å². The molecule has 4 amide bonds. The van der Waals surface area contributed by atoms with Gasteiger partial charge in [-0.1, -0.05) is 12.1 Å². The van der Waals surface area contributed by atoms with E-state index in [0.717, 1.165) is 0 Å². The van der Waals surface area contributed by atoms with Crippen LogP contribution in [-0.4, -0.2) is 87.1 Å². The van der Waals surface area contributed by atoms with E-state index >= 15 is 0 Å². The molecule has 4 atom stereocenters. The van der Waals surface area contributed by atoms with Gasteiger partial charge in [0.05, 0.1) is 6.04 Å². The molecule has 1 aromatic carbocycles. The minimum absolute atomic E-state index is 0.0331. The van der Waals surface area contributed by atoms with E-state index in [1.165, 1.54) is 36.0 Å². The zero-order chi connectivity index (χ0) is 29.5. The second-order valence-corrected chi connectivity index (χ2v) is 9.70. The van der Waals surface area contributed by atoms with Crippen molar-refractivity contribution in [2.24, 2.45) is 11.5 Å². The minimum atomic E-state index is -1.48. The number of hydrogen-bond acceptors (Lipinski definition) is 9. The van der Waals surface area contributed by atoms with Gasteiger partial charge in [0.15, 0.2) is 0 Å². The highest BCUT2D eigenvalue weighted by atomic mass is 32.2. The lowest BCUT2D eigenvalue weighted by Crippen LogP contribution is -2.57. The second kappa shape index (κ2) is 16.9. The number of carbonyl (C=O) groups excluding carboxylic acids is 4. The molecular formula is C24H35N5O9S. The van der Waals surface area contributed by atoms with Crippen molar-refractivity contribution in [3.8, 4) is 5.75 Å². The predicted octanol–water partition coefficient (Wildman–Crippen LogP) is -1.32. The molecule has 39 heavy (non-hydrogen) atoms. The lowest BCUT2D eigenvalue weighted by Gasteiger charge is -2.25. The average molecular weight is 570 g/mol. The summed E-state index contributed by atoms with van der Waals surface area (Å²) in [4.78, 5) is 72.7. The molecule has 14 nitrogen and oxygen atoms in total. The van der Waals surface area contributed by atoms with Gasteiger partial charge in [-0.3, -0.25) is 24.0 Å². The van der Waals surface area contributed by atoms with Gasteiger partial charge < -0.3 is 42.7 Å². The van der Waals surface area contributed by atoms with Crippen molar-refractivity contribution >= 4 is 47.3 Å². The van der Waals surface area contributed by atoms with Gasteiger partial charge >= 0.3 is 11.9 Å². The fourth-order valence-electron chi connectivity index (χ4n) is 3.36. The van der Waals surface area contributed by atoms with Gasteiger partial charge in [-0.2, -0.15) is 11.8 Å². The van der Waals surface area contributed by atoms with E-state index in [-0.39, 0.29) is 31.4 Å². The first-order valence-corrected chi connectivity index (χ1v) is 13.4. The largest absolute Gasteiger partial charge is 0.508 e. The minimum Gasteiger partial charge on any atom is -0.508 e. The number of benzene rings is 1. The van der Waals surface area contributed by atoms with Crippen molar-refractivity contribution in [2.75, 3.05) is 12.0 Å². The summed E-state index contributed by atoms with van der Waals surface area (Å²) in [7, 11) is 0. The molecule has 1 aromatic rings. The molecule has 0 aliphatic carbocycles. The van der Waals surface area contributed by atoms with Gasteiger partial charge in [-0.05, 0) is 49.0 Å². The van der Waals surface area contributed by atoms with Crippen LogP contribution in [0.4, 0.5) is 0 Å². The Hall–Kier alpha value is -3.85. The Morgan fingerprint density at radius 2 is 1.33 bits per heavy atom. The Bertz CT molecular complexity index is 1020. The molecule has 0 spiro atoms. The first-order chi connectivity index (χ1) is 18.3. The fraction of sp³-hybridized carbons (Fsp3) is 0.500. The van der Waals surface area contributed by atoms with Gasteiger partial charge in [0, 0.05) is 19.3 Å². The van der Waals surface area contributed by atoms with Crippen LogP contribution in [0.2, 0.25) is 0 Å². The molecule has 1 rings (SSSR count). The van der Waals surface area contributed by atoms with Crippen LogP contribution in [0.15, 0.2) is 24.3 Å². The average Bonchev–Trinajstić information content (AvgIpc) is 2.87. The van der Waals surface area contributed by atoms with Crippen molar-refractivity contribution in [2.45, 2.75) is 62.7 Å². The number of rotatable bonds is 18. The molecular weight excluding hydrogens is 534 g/mol. The highest BCUT2D eigenvalue weighted by Crippen LogP contribution is 2.12. The van der Waals surface area contributed by atoms with Gasteiger partial charge in [0.25, 0.3) is 0 Å². The number of primary amides is 1. The van der Waals surface area contributed by atoms with Crippen LogP contribution in [0.3, 0.4) is 0 Å². The molecule has 15 heteroatoms. The maximum atomic E-state index is 13.0. The summed E-state index contributed by atoms with van der Waals surface area (Å²) >= 11 is 1.47. The lowest BCUT2D eigenvalue weighted by molar-refractivity contribution is -0.143. The van der Waals surface area contributed by atoms with Crippen molar-refractivity contribution < 1.29 is 44.1 Å². The highest BCUT2D eigenvalue weighted by molar-refractivity contribution is 7.98. The Labute approximate surface area is 229 Å². The molecule has 0 bridgehead atoms. The number of amides is 4. The monoisotopic (exact) mass is 569 g/mol. The zero-order valence-electron chi connectivity index (χ0n) is 21.4. The number of nitrogens with one attached hydrogen (secondary N) is 3. The highest BCUT2D eigenvalue weighted by Gasteiger charge is 2.31. The number of phenolic OH excluding ortho intramolecular Hbond substituents is 1. The molecule has 0 aromatic heterocycles. The third kappa shape index (κ3) is 13.0. The summed E-state index contributed by atoms with van der Waals surface area (Å²) in [6, 6.07) is 0.452. The van der Waals surface area contributed by atoms with E-state index in [1.54, 1.807) is 0 Å². The van der Waals surface area contributed by atoms with Crippen LogP contribution in [0.5, 0.6) is 5.75 Å². The molecule has 0 aliphatic rings. The van der Waals surface area contributed by atoms with Gasteiger partial charge in [0.2, 0.25) is 23.6 Å². The Kier molecular flexibility index (Phi) is 14.4. The van der Waals surface area contributed by atoms with Crippen molar-refractivity contribution in [3.63, 3.8) is 0 Å². The maximum absolute atomic E-state index is 13.0. The number of nitrogens with two attached hydrogens (primary N) is 2. The number of thioether (sulfide) groups is 1. The van der Waals surface area contributed by atoms with E-state index in [2.05, 4.69) is 16.0 Å². The third-order valence-electron chi connectivity index (χ3n) is 5.55. The molecule has 0 heterocycles. The van der Waals surface area contributed by atoms with Gasteiger partial charge in [0.1, 0.15) is 23.9 Å². The van der Waals surface area contributed by atoms with E-state index in [4.69, 9.17) is 16.6 Å². The van der Waals surface area contributed by atoms with E-state index < -0.39 is 66.2 Å². The number of carbonyl (C=O) groups is 6. The Morgan fingerprint density at radius 3 is 1.82 bits per heavy atom. The van der Waals surface area contributed by atoms with Crippen LogP contribution < -0.4 is 27.4 Å². The molecule has 0 radical (unpaired) electrons. The first kappa shape index (κ1) is 33.2. The Morgan fingerprint density at radius 1 is 0.821 bits per heavy atom. The third-order valence-corrected chi connectivity index (χ3v) is 6.20. The number of carboxylic acid groups (broad SMARTS) is 2. The molecule has 0 saturated carbocycles. The second-order valence-electron chi connectivity index (χ2n) is 8.72. The molecule has 0 fully saturated rings. The summed E-state index contributed by atoms with van der Waals surface area (Å²) in [5.74, 6) is -5.38. The first-order valence-electron chi connectivity index (χ1n) is 12.0. The topological polar surface area (TPSA) is 251 Å². The van der Waals surface area contributed by atoms with Crippen molar-refractivity contribution in [1.82, 2.24) is 16.0 Å². The van der Waals surface area contributed by atoms with Gasteiger partial charge in [-0.25, -0.2) is 4.79 Å². The number of aliphatic carboxylic acids is 2. The normalized spacial score (nSPS) is 13.8. The summed E-state index contributed by atoms with van der Waals surface area (Å²) in [5, 5.41) is 35.2. The summed E-state index contributed by atoms with van der Waals surface area (Å²) in [6.45, 7) is 0. The molecule has 216 valence electrons. The summed E-state index contributed by atoms with van der Waals surface area (Å²) < 4.78 is 0. The van der Waals surface area contributed by atoms with E-state index in [9.17, 15) is 39.0 Å². The standard InChI is InChI=1S/C24H35N5O9S/c1-39-11-10-15(25)21(34)27-16(6-8-19(26)31)22(35)28-17(7-9-20(32)33)23(36)29-18(24(37)38)12-13-2-4-14(30)5-3-13/h2-5,15-18,30H,6-12,25H2,1H3,(H2,26,31)(H,27,34)(H,28,35)(H,29,36)(H,32,33)(H,37,38). The SMILES string of the molecule is CSCCC(N)C(=O)NC(CCC(N)=O)C(=O)NC(CCC(=O)O)C(=O)NC(Cc1ccc(O)cc1)C(=O)O. The number of carboxylic acids is 2. The summed E-state index contributed by atoms with van der Waals surface area (Å²) in [6.07, 6.45) is 0.570. The molecule has 0 saturated heterocycles.